The summed E-state index contributed by atoms with van der Waals surface area (Å²) in [6, 6.07) is 3.81. The lowest BCUT2D eigenvalue weighted by molar-refractivity contribution is 0.0594. The van der Waals surface area contributed by atoms with Crippen molar-refractivity contribution in [3.05, 3.63) is 34.0 Å². The number of nitrogens with one attached hydrogen (secondary N) is 1. The third-order valence-corrected chi connectivity index (χ3v) is 3.42. The molecule has 1 N–H and O–H groups in total. The summed E-state index contributed by atoms with van der Waals surface area (Å²) in [6.07, 6.45) is 1.74. The number of carbonyl (C=O) groups is 1. The molecule has 0 fully saturated rings. The fraction of sp³-hybridized carbons (Fsp3) is 0.357. The molecule has 2 aromatic rings. The molecule has 4 heteroatoms. The Balaban J connectivity index is 2.79. The van der Waals surface area contributed by atoms with Crippen LogP contribution in [0.15, 0.2) is 12.1 Å². The Labute approximate surface area is 111 Å². The smallest absolute Gasteiger partial charge is 0.354 e. The minimum Gasteiger partial charge on any atom is -0.464 e. The zero-order valence-electron chi connectivity index (χ0n) is 10.8. The summed E-state index contributed by atoms with van der Waals surface area (Å²) in [5, 5.41) is 1.62. The lowest BCUT2D eigenvalue weighted by Gasteiger charge is -2.03. The molecule has 0 aliphatic heterocycles. The van der Waals surface area contributed by atoms with E-state index in [1.165, 1.54) is 7.11 Å². The Morgan fingerprint density at radius 3 is 2.78 bits per heavy atom. The molecule has 1 aromatic heterocycles. The minimum atomic E-state index is -0.342. The van der Waals surface area contributed by atoms with Crippen molar-refractivity contribution in [2.45, 2.75) is 26.7 Å². The highest BCUT2D eigenvalue weighted by Crippen LogP contribution is 2.32. The summed E-state index contributed by atoms with van der Waals surface area (Å²) in [4.78, 5) is 15.0. The number of methoxy groups -OCH3 is 1. The van der Waals surface area contributed by atoms with E-state index in [2.05, 4.69) is 11.9 Å². The molecule has 2 rings (SSSR count). The highest BCUT2D eigenvalue weighted by atomic mass is 35.5. The molecule has 0 aliphatic rings. The second-order valence-corrected chi connectivity index (χ2v) is 4.74. The van der Waals surface area contributed by atoms with Crippen LogP contribution in [-0.4, -0.2) is 18.1 Å². The molecule has 1 aromatic carbocycles. The van der Waals surface area contributed by atoms with Crippen molar-refractivity contribution < 1.29 is 9.53 Å². The number of ether oxygens (including phenoxy) is 1. The van der Waals surface area contributed by atoms with Crippen LogP contribution in [0.3, 0.4) is 0 Å². The average Bonchev–Trinajstić information content (AvgIpc) is 2.74. The van der Waals surface area contributed by atoms with Crippen molar-refractivity contribution in [3.63, 3.8) is 0 Å². The second-order valence-electron chi connectivity index (χ2n) is 4.33. The van der Waals surface area contributed by atoms with Crippen molar-refractivity contribution in [1.82, 2.24) is 4.98 Å². The normalized spacial score (nSPS) is 10.9. The number of halogens is 1. The Kier molecular flexibility index (Phi) is 3.62. The van der Waals surface area contributed by atoms with Gasteiger partial charge in [0.2, 0.25) is 0 Å². The van der Waals surface area contributed by atoms with Crippen LogP contribution in [0, 0.1) is 6.92 Å². The summed E-state index contributed by atoms with van der Waals surface area (Å²) < 4.78 is 4.82. The number of esters is 1. The Morgan fingerprint density at radius 1 is 1.44 bits per heavy atom. The lowest BCUT2D eigenvalue weighted by atomic mass is 10.0. The number of fused-ring (bicyclic) bond motifs is 1. The van der Waals surface area contributed by atoms with Gasteiger partial charge in [-0.1, -0.05) is 31.0 Å². The number of aromatic amines is 1. The van der Waals surface area contributed by atoms with Gasteiger partial charge in [-0.05, 0) is 30.5 Å². The number of H-pyrrole nitrogens is 1. The molecule has 0 aliphatic carbocycles. The molecule has 96 valence electrons. The number of carbonyl (C=O) groups excluding carboxylic acids is 1. The van der Waals surface area contributed by atoms with Gasteiger partial charge in [-0.15, -0.1) is 0 Å². The van der Waals surface area contributed by atoms with E-state index in [-0.39, 0.29) is 5.97 Å². The SMILES string of the molecule is CCCc1c(C(=O)OC)[nH]c2c(C)ccc(Cl)c12. The number of aromatic nitrogens is 1. The first-order valence-electron chi connectivity index (χ1n) is 5.98. The summed E-state index contributed by atoms with van der Waals surface area (Å²) in [5.74, 6) is -0.342. The van der Waals surface area contributed by atoms with Gasteiger partial charge >= 0.3 is 5.97 Å². The monoisotopic (exact) mass is 265 g/mol. The molecule has 0 amide bonds. The molecular weight excluding hydrogens is 250 g/mol. The zero-order valence-corrected chi connectivity index (χ0v) is 11.5. The van der Waals surface area contributed by atoms with Crippen LogP contribution in [0.2, 0.25) is 5.02 Å². The molecule has 0 atom stereocenters. The maximum absolute atomic E-state index is 11.8. The summed E-state index contributed by atoms with van der Waals surface area (Å²) in [7, 11) is 1.39. The highest BCUT2D eigenvalue weighted by Gasteiger charge is 2.20. The van der Waals surface area contributed by atoms with E-state index >= 15 is 0 Å². The number of aryl methyl sites for hydroxylation is 2. The van der Waals surface area contributed by atoms with E-state index in [1.54, 1.807) is 0 Å². The predicted molar refractivity (Wildman–Crippen MR) is 73.4 cm³/mol. The quantitative estimate of drug-likeness (QED) is 0.856. The topological polar surface area (TPSA) is 42.1 Å². The van der Waals surface area contributed by atoms with E-state index in [0.717, 1.165) is 34.9 Å². The molecule has 0 spiro atoms. The fourth-order valence-electron chi connectivity index (χ4n) is 2.24. The first-order chi connectivity index (χ1) is 8.60. The van der Waals surface area contributed by atoms with E-state index in [0.29, 0.717) is 10.7 Å². The summed E-state index contributed by atoms with van der Waals surface area (Å²) in [6.45, 7) is 4.07. The van der Waals surface area contributed by atoms with Crippen LogP contribution in [0.5, 0.6) is 0 Å². The molecule has 0 saturated heterocycles. The maximum Gasteiger partial charge on any atom is 0.354 e. The van der Waals surface area contributed by atoms with Crippen LogP contribution in [0.25, 0.3) is 10.9 Å². The Bertz CT molecular complexity index is 601. The van der Waals surface area contributed by atoms with Crippen LogP contribution >= 0.6 is 11.6 Å². The van der Waals surface area contributed by atoms with Crippen LogP contribution < -0.4 is 0 Å². The van der Waals surface area contributed by atoms with E-state index < -0.39 is 0 Å². The Morgan fingerprint density at radius 2 is 2.17 bits per heavy atom. The first-order valence-corrected chi connectivity index (χ1v) is 6.35. The third-order valence-electron chi connectivity index (χ3n) is 3.11. The Hall–Kier alpha value is -1.48. The van der Waals surface area contributed by atoms with E-state index in [1.807, 2.05) is 19.1 Å². The molecule has 0 unspecified atom stereocenters. The minimum absolute atomic E-state index is 0.342. The van der Waals surface area contributed by atoms with Gasteiger partial charge in [-0.25, -0.2) is 4.79 Å². The van der Waals surface area contributed by atoms with E-state index in [4.69, 9.17) is 16.3 Å². The van der Waals surface area contributed by atoms with Gasteiger partial charge in [0.15, 0.2) is 0 Å². The van der Waals surface area contributed by atoms with Crippen LogP contribution in [-0.2, 0) is 11.2 Å². The zero-order chi connectivity index (χ0) is 13.3. The average molecular weight is 266 g/mol. The largest absolute Gasteiger partial charge is 0.464 e. The van der Waals surface area contributed by atoms with Crippen molar-refractivity contribution in [1.29, 1.82) is 0 Å². The van der Waals surface area contributed by atoms with Crippen molar-refractivity contribution in [3.8, 4) is 0 Å². The fourth-order valence-corrected chi connectivity index (χ4v) is 2.51. The molecule has 18 heavy (non-hydrogen) atoms. The molecule has 1 heterocycles. The van der Waals surface area contributed by atoms with Crippen molar-refractivity contribution >= 4 is 28.5 Å². The van der Waals surface area contributed by atoms with Crippen molar-refractivity contribution in [2.24, 2.45) is 0 Å². The summed E-state index contributed by atoms with van der Waals surface area (Å²) >= 11 is 6.26. The maximum atomic E-state index is 11.8. The third kappa shape index (κ3) is 1.99. The van der Waals surface area contributed by atoms with Gasteiger partial charge in [-0.2, -0.15) is 0 Å². The van der Waals surface area contributed by atoms with Gasteiger partial charge in [0.25, 0.3) is 0 Å². The molecule has 0 bridgehead atoms. The van der Waals surface area contributed by atoms with Gasteiger partial charge in [0, 0.05) is 5.39 Å². The number of benzene rings is 1. The molecular formula is C14H16ClNO2. The number of rotatable bonds is 3. The number of hydrogen-bond acceptors (Lipinski definition) is 2. The lowest BCUT2D eigenvalue weighted by Crippen LogP contribution is -2.05. The highest BCUT2D eigenvalue weighted by molar-refractivity contribution is 6.36. The van der Waals surface area contributed by atoms with E-state index in [9.17, 15) is 4.79 Å². The van der Waals surface area contributed by atoms with Gasteiger partial charge in [0.1, 0.15) is 5.69 Å². The second kappa shape index (κ2) is 5.02. The van der Waals surface area contributed by atoms with Crippen molar-refractivity contribution in [2.75, 3.05) is 7.11 Å². The molecule has 0 saturated carbocycles. The standard InChI is InChI=1S/C14H16ClNO2/c1-4-5-9-11-10(15)7-6-8(2)12(11)16-13(9)14(17)18-3/h6-7,16H,4-5H2,1-3H3. The van der Waals surface area contributed by atoms with Gasteiger partial charge < -0.3 is 9.72 Å². The number of hydrogen-bond donors (Lipinski definition) is 1. The first kappa shape index (κ1) is 13.0. The van der Waals surface area contributed by atoms with Gasteiger partial charge in [-0.3, -0.25) is 0 Å². The summed E-state index contributed by atoms with van der Waals surface area (Å²) in [5.41, 5.74) is 3.46. The molecule has 0 radical (unpaired) electrons. The molecule has 3 nitrogen and oxygen atoms in total. The van der Waals surface area contributed by atoms with Crippen LogP contribution in [0.4, 0.5) is 0 Å². The predicted octanol–water partition coefficient (Wildman–Crippen LogP) is 3.87. The van der Waals surface area contributed by atoms with Gasteiger partial charge in [0.05, 0.1) is 17.6 Å². The van der Waals surface area contributed by atoms with Crippen LogP contribution in [0.1, 0.15) is 35.0 Å².